The summed E-state index contributed by atoms with van der Waals surface area (Å²) in [6.45, 7) is 4.77. The van der Waals surface area contributed by atoms with Gasteiger partial charge in [0.1, 0.15) is 0 Å². The summed E-state index contributed by atoms with van der Waals surface area (Å²) >= 11 is 0. The Balaban J connectivity index is 2.42. The molecule has 0 spiro atoms. The van der Waals surface area contributed by atoms with Gasteiger partial charge in [0.25, 0.3) is 0 Å². The molecule has 0 aliphatic carbocycles. The van der Waals surface area contributed by atoms with E-state index in [0.717, 1.165) is 18.4 Å². The van der Waals surface area contributed by atoms with Gasteiger partial charge in [-0.1, -0.05) is 26.0 Å². The molecule has 0 aromatic heterocycles. The van der Waals surface area contributed by atoms with Crippen molar-refractivity contribution < 1.29 is 8.42 Å². The molecule has 0 amide bonds. The van der Waals surface area contributed by atoms with Crippen LogP contribution < -0.4 is 10.5 Å². The van der Waals surface area contributed by atoms with Crippen molar-refractivity contribution in [2.45, 2.75) is 32.4 Å². The standard InChI is InChI=1S/C13H22N2O2S/c1-11(2)4-3-9-15-18(16,17)10-12-5-7-13(14)8-6-12/h5-8,11,15H,3-4,9-10,14H2,1-2H3. The first-order valence-corrected chi connectivity index (χ1v) is 7.86. The van der Waals surface area contributed by atoms with E-state index in [9.17, 15) is 8.42 Å². The van der Waals surface area contributed by atoms with Gasteiger partial charge in [-0.15, -0.1) is 0 Å². The Kier molecular flexibility index (Phi) is 5.62. The molecule has 0 aliphatic rings. The molecule has 3 N–H and O–H groups in total. The molecule has 1 aromatic carbocycles. The van der Waals surface area contributed by atoms with E-state index in [2.05, 4.69) is 18.6 Å². The van der Waals surface area contributed by atoms with E-state index in [4.69, 9.17) is 5.73 Å². The van der Waals surface area contributed by atoms with Crippen LogP contribution in [0.3, 0.4) is 0 Å². The summed E-state index contributed by atoms with van der Waals surface area (Å²) in [6.07, 6.45) is 1.91. The van der Waals surface area contributed by atoms with E-state index in [1.165, 1.54) is 0 Å². The second-order valence-electron chi connectivity index (χ2n) is 4.93. The van der Waals surface area contributed by atoms with Crippen LogP contribution in [0.5, 0.6) is 0 Å². The summed E-state index contributed by atoms with van der Waals surface area (Å²) in [5.41, 5.74) is 6.94. The molecule has 5 heteroatoms. The molecule has 102 valence electrons. The van der Waals surface area contributed by atoms with Gasteiger partial charge in [0, 0.05) is 12.2 Å². The van der Waals surface area contributed by atoms with Gasteiger partial charge >= 0.3 is 0 Å². The van der Waals surface area contributed by atoms with Gasteiger partial charge in [-0.2, -0.15) is 0 Å². The van der Waals surface area contributed by atoms with E-state index in [1.807, 2.05) is 0 Å². The van der Waals surface area contributed by atoms with Crippen molar-refractivity contribution in [2.75, 3.05) is 12.3 Å². The topological polar surface area (TPSA) is 72.2 Å². The fourth-order valence-electron chi connectivity index (χ4n) is 1.62. The van der Waals surface area contributed by atoms with Crippen LogP contribution in [0.1, 0.15) is 32.3 Å². The number of sulfonamides is 1. The maximum Gasteiger partial charge on any atom is 0.215 e. The minimum Gasteiger partial charge on any atom is -0.399 e. The fraction of sp³-hybridized carbons (Fsp3) is 0.538. The molecule has 0 saturated heterocycles. The molecule has 0 radical (unpaired) electrons. The number of hydrogen-bond acceptors (Lipinski definition) is 3. The Labute approximate surface area is 110 Å². The van der Waals surface area contributed by atoms with Crippen molar-refractivity contribution in [2.24, 2.45) is 5.92 Å². The average molecular weight is 270 g/mol. The van der Waals surface area contributed by atoms with Crippen molar-refractivity contribution in [1.29, 1.82) is 0 Å². The second-order valence-corrected chi connectivity index (χ2v) is 6.74. The zero-order valence-electron chi connectivity index (χ0n) is 11.0. The van der Waals surface area contributed by atoms with Crippen molar-refractivity contribution in [1.82, 2.24) is 4.72 Å². The van der Waals surface area contributed by atoms with Gasteiger partial charge < -0.3 is 5.73 Å². The Morgan fingerprint density at radius 2 is 1.83 bits per heavy atom. The lowest BCUT2D eigenvalue weighted by molar-refractivity contribution is 0.539. The number of nitrogen functional groups attached to an aromatic ring is 1. The number of anilines is 1. The Morgan fingerprint density at radius 1 is 1.22 bits per heavy atom. The van der Waals surface area contributed by atoms with E-state index >= 15 is 0 Å². The van der Waals surface area contributed by atoms with E-state index in [0.29, 0.717) is 18.2 Å². The monoisotopic (exact) mass is 270 g/mol. The Hall–Kier alpha value is -1.07. The first-order valence-electron chi connectivity index (χ1n) is 6.21. The fourth-order valence-corrected chi connectivity index (χ4v) is 2.81. The number of rotatable bonds is 7. The first-order chi connectivity index (χ1) is 8.39. The van der Waals surface area contributed by atoms with Crippen LogP contribution in [0.25, 0.3) is 0 Å². The number of nitrogens with one attached hydrogen (secondary N) is 1. The van der Waals surface area contributed by atoms with Gasteiger partial charge in [0.05, 0.1) is 5.75 Å². The zero-order chi connectivity index (χ0) is 13.6. The molecule has 0 saturated carbocycles. The number of benzene rings is 1. The lowest BCUT2D eigenvalue weighted by Crippen LogP contribution is -2.26. The molecule has 0 heterocycles. The third kappa shape index (κ3) is 6.02. The van der Waals surface area contributed by atoms with Crippen LogP contribution in [0.4, 0.5) is 5.69 Å². The molecular formula is C13H22N2O2S. The molecule has 1 aromatic rings. The lowest BCUT2D eigenvalue weighted by Gasteiger charge is -2.08. The van der Waals surface area contributed by atoms with Crippen LogP contribution in [-0.2, 0) is 15.8 Å². The molecule has 0 fully saturated rings. The number of nitrogens with two attached hydrogens (primary N) is 1. The molecule has 1 rings (SSSR count). The zero-order valence-corrected chi connectivity index (χ0v) is 11.8. The predicted molar refractivity (Wildman–Crippen MR) is 75.6 cm³/mol. The molecule has 0 aliphatic heterocycles. The third-order valence-corrected chi connectivity index (χ3v) is 3.97. The number of hydrogen-bond donors (Lipinski definition) is 2. The van der Waals surface area contributed by atoms with Crippen LogP contribution in [0, 0.1) is 5.92 Å². The highest BCUT2D eigenvalue weighted by Crippen LogP contribution is 2.09. The Bertz CT molecular complexity index is 452. The summed E-state index contributed by atoms with van der Waals surface area (Å²) in [5.74, 6) is 0.612. The van der Waals surface area contributed by atoms with Crippen molar-refractivity contribution in [3.05, 3.63) is 29.8 Å². The quantitative estimate of drug-likeness (QED) is 0.589. The summed E-state index contributed by atoms with van der Waals surface area (Å²) in [4.78, 5) is 0. The molecule has 18 heavy (non-hydrogen) atoms. The third-order valence-electron chi connectivity index (χ3n) is 2.62. The van der Waals surface area contributed by atoms with Gasteiger partial charge in [0.15, 0.2) is 0 Å². The Morgan fingerprint density at radius 3 is 2.39 bits per heavy atom. The molecular weight excluding hydrogens is 248 g/mol. The molecule has 0 atom stereocenters. The van der Waals surface area contributed by atoms with Crippen LogP contribution in [0.2, 0.25) is 0 Å². The first kappa shape index (κ1) is 15.0. The summed E-state index contributed by atoms with van der Waals surface area (Å²) in [5, 5.41) is 0. The highest BCUT2D eigenvalue weighted by atomic mass is 32.2. The van der Waals surface area contributed by atoms with Gasteiger partial charge in [-0.25, -0.2) is 13.1 Å². The maximum atomic E-state index is 11.8. The SMILES string of the molecule is CC(C)CCCNS(=O)(=O)Cc1ccc(N)cc1. The van der Waals surface area contributed by atoms with E-state index < -0.39 is 10.0 Å². The summed E-state index contributed by atoms with van der Waals surface area (Å²) in [7, 11) is -3.24. The largest absolute Gasteiger partial charge is 0.399 e. The van der Waals surface area contributed by atoms with Gasteiger partial charge in [0.2, 0.25) is 10.0 Å². The van der Waals surface area contributed by atoms with Crippen LogP contribution >= 0.6 is 0 Å². The van der Waals surface area contributed by atoms with Crippen molar-refractivity contribution in [3.63, 3.8) is 0 Å². The van der Waals surface area contributed by atoms with E-state index in [-0.39, 0.29) is 5.75 Å². The normalized spacial score (nSPS) is 11.9. The van der Waals surface area contributed by atoms with Crippen molar-refractivity contribution in [3.8, 4) is 0 Å². The molecule has 4 nitrogen and oxygen atoms in total. The van der Waals surface area contributed by atoms with Gasteiger partial charge in [-0.05, 0) is 36.5 Å². The summed E-state index contributed by atoms with van der Waals surface area (Å²) < 4.78 is 26.2. The molecule has 0 unspecified atom stereocenters. The van der Waals surface area contributed by atoms with Crippen molar-refractivity contribution >= 4 is 15.7 Å². The van der Waals surface area contributed by atoms with Crippen LogP contribution in [0.15, 0.2) is 24.3 Å². The van der Waals surface area contributed by atoms with Crippen LogP contribution in [-0.4, -0.2) is 15.0 Å². The highest BCUT2D eigenvalue weighted by Gasteiger charge is 2.10. The minimum atomic E-state index is -3.24. The maximum absolute atomic E-state index is 11.8. The average Bonchev–Trinajstić information content (AvgIpc) is 2.27. The second kappa shape index (κ2) is 6.75. The molecule has 0 bridgehead atoms. The summed E-state index contributed by atoms with van der Waals surface area (Å²) in [6, 6.07) is 6.90. The smallest absolute Gasteiger partial charge is 0.215 e. The minimum absolute atomic E-state index is 0.00889. The lowest BCUT2D eigenvalue weighted by atomic mass is 10.1. The van der Waals surface area contributed by atoms with E-state index in [1.54, 1.807) is 24.3 Å². The predicted octanol–water partition coefficient (Wildman–Crippen LogP) is 2.12. The van der Waals surface area contributed by atoms with Gasteiger partial charge in [-0.3, -0.25) is 0 Å². The highest BCUT2D eigenvalue weighted by molar-refractivity contribution is 7.88.